The number of anilines is 3. The SMILES string of the molecule is CC(C)(C)c1ccc(N2c3cc(C(C)(C)C)cc4c3B(c3c2sc2ccccc32)n2c3ccccc3c3cccc-4c32)c(-c2ccccc2)c1. The van der Waals surface area contributed by atoms with Gasteiger partial charge in [0.2, 0.25) is 0 Å². The van der Waals surface area contributed by atoms with Gasteiger partial charge in [-0.05, 0) is 79.7 Å². The maximum atomic E-state index is 2.68. The molecule has 0 spiro atoms. The van der Waals surface area contributed by atoms with Crippen molar-refractivity contribution in [3.8, 4) is 22.3 Å². The average Bonchev–Trinajstić information content (AvgIpc) is 3.66. The van der Waals surface area contributed by atoms with Crippen LogP contribution in [0.25, 0.3) is 54.1 Å². The monoisotopic (exact) mass is 662 g/mol. The molecule has 0 saturated carbocycles. The first kappa shape index (κ1) is 29.8. The highest BCUT2D eigenvalue weighted by atomic mass is 32.1. The highest BCUT2D eigenvalue weighted by Gasteiger charge is 2.45. The van der Waals surface area contributed by atoms with Gasteiger partial charge in [-0.3, -0.25) is 0 Å². The van der Waals surface area contributed by atoms with Crippen molar-refractivity contribution in [2.75, 3.05) is 4.90 Å². The summed E-state index contributed by atoms with van der Waals surface area (Å²) < 4.78 is 4.01. The van der Waals surface area contributed by atoms with Crippen molar-refractivity contribution in [3.63, 3.8) is 0 Å². The largest absolute Gasteiger partial charge is 0.375 e. The van der Waals surface area contributed by atoms with E-state index in [0.29, 0.717) is 0 Å². The van der Waals surface area contributed by atoms with Crippen LogP contribution in [-0.4, -0.2) is 11.3 Å². The molecule has 2 nitrogen and oxygen atoms in total. The zero-order valence-corrected chi connectivity index (χ0v) is 30.3. The van der Waals surface area contributed by atoms with Gasteiger partial charge in [-0.15, -0.1) is 11.3 Å². The second-order valence-electron chi connectivity index (χ2n) is 16.2. The first-order chi connectivity index (χ1) is 24.1. The third-order valence-electron chi connectivity index (χ3n) is 11.1. The molecule has 6 aromatic carbocycles. The fourth-order valence-electron chi connectivity index (χ4n) is 8.58. The highest BCUT2D eigenvalue weighted by molar-refractivity contribution is 7.26. The normalized spacial score (nSPS) is 13.7. The van der Waals surface area contributed by atoms with Crippen LogP contribution in [-0.2, 0) is 10.8 Å². The first-order valence-corrected chi connectivity index (χ1v) is 18.6. The van der Waals surface area contributed by atoms with Gasteiger partial charge in [0.05, 0.1) is 10.7 Å². The Morgan fingerprint density at radius 1 is 0.520 bits per heavy atom. The third kappa shape index (κ3) is 4.09. The number of benzene rings is 6. The Hall–Kier alpha value is -5.06. The summed E-state index contributed by atoms with van der Waals surface area (Å²) in [4.78, 5) is 2.64. The van der Waals surface area contributed by atoms with Crippen LogP contribution in [0, 0.1) is 0 Å². The molecule has 0 atom stereocenters. The standard InChI is InChI=1S/C46H39BN2S/c1-45(2,3)29-23-24-37(35(25-29)28-15-8-7-9-16-28)48-39-27-30(46(4,5)6)26-36-33-20-14-19-32-31-17-10-12-21-38(31)49(43(32)33)47(41(36)39)42-34-18-11-13-22-40(34)50-44(42)48/h7-27H,1-6H3. The van der Waals surface area contributed by atoms with Crippen LogP contribution in [0.4, 0.5) is 16.4 Å². The number of rotatable bonds is 2. The van der Waals surface area contributed by atoms with E-state index in [1.165, 1.54) is 92.6 Å². The van der Waals surface area contributed by atoms with Crippen LogP contribution in [0.5, 0.6) is 0 Å². The molecule has 0 saturated heterocycles. The predicted molar refractivity (Wildman–Crippen MR) is 218 cm³/mol. The molecule has 0 aliphatic carbocycles. The molecule has 2 aliphatic rings. The summed E-state index contributed by atoms with van der Waals surface area (Å²) in [6, 6.07) is 48.2. The van der Waals surface area contributed by atoms with Gasteiger partial charge in [-0.25, -0.2) is 0 Å². The number of fused-ring (bicyclic) bond motifs is 9. The second kappa shape index (κ2) is 10.2. The van der Waals surface area contributed by atoms with Gasteiger partial charge in [0.15, 0.2) is 0 Å². The van der Waals surface area contributed by atoms with E-state index in [-0.39, 0.29) is 17.7 Å². The molecular formula is C46H39BN2S. The number of para-hydroxylation sites is 2. The van der Waals surface area contributed by atoms with Gasteiger partial charge >= 0.3 is 6.85 Å². The molecule has 4 heteroatoms. The molecule has 0 unspecified atom stereocenters. The van der Waals surface area contributed by atoms with Crippen molar-refractivity contribution >= 4 is 77.4 Å². The summed E-state index contributed by atoms with van der Waals surface area (Å²) in [7, 11) is 0. The molecule has 0 bridgehead atoms. The molecule has 50 heavy (non-hydrogen) atoms. The molecule has 242 valence electrons. The van der Waals surface area contributed by atoms with Crippen molar-refractivity contribution in [1.29, 1.82) is 0 Å². The van der Waals surface area contributed by atoms with Crippen molar-refractivity contribution in [3.05, 3.63) is 139 Å². The molecular weight excluding hydrogens is 623 g/mol. The van der Waals surface area contributed by atoms with E-state index < -0.39 is 0 Å². The van der Waals surface area contributed by atoms with Gasteiger partial charge in [0.1, 0.15) is 0 Å². The third-order valence-corrected chi connectivity index (χ3v) is 12.3. The maximum absolute atomic E-state index is 2.68. The topological polar surface area (TPSA) is 8.17 Å². The summed E-state index contributed by atoms with van der Waals surface area (Å²) in [5.41, 5.74) is 15.8. The summed E-state index contributed by atoms with van der Waals surface area (Å²) in [6.07, 6.45) is 0. The predicted octanol–water partition coefficient (Wildman–Crippen LogP) is 11.7. The molecule has 4 heterocycles. The minimum Gasteiger partial charge on any atom is -0.375 e. The average molecular weight is 663 g/mol. The Balaban J connectivity index is 1.40. The Labute approximate surface area is 298 Å². The van der Waals surface area contributed by atoms with Gasteiger partial charge in [0.25, 0.3) is 0 Å². The van der Waals surface area contributed by atoms with Gasteiger partial charge in [0, 0.05) is 43.3 Å². The zero-order chi connectivity index (χ0) is 34.1. The van der Waals surface area contributed by atoms with Crippen LogP contribution in [0.1, 0.15) is 52.7 Å². The Morgan fingerprint density at radius 2 is 1.20 bits per heavy atom. The lowest BCUT2D eigenvalue weighted by atomic mass is 9.45. The Bertz CT molecular complexity index is 2680. The summed E-state index contributed by atoms with van der Waals surface area (Å²) in [5, 5.41) is 5.31. The molecule has 8 aromatic rings. The minimum absolute atomic E-state index is 0.0215. The van der Waals surface area contributed by atoms with Crippen LogP contribution >= 0.6 is 11.3 Å². The fourth-order valence-corrected chi connectivity index (χ4v) is 9.85. The quantitative estimate of drug-likeness (QED) is 0.167. The number of aromatic nitrogens is 1. The lowest BCUT2D eigenvalue weighted by Gasteiger charge is -2.41. The molecule has 2 aliphatic heterocycles. The van der Waals surface area contributed by atoms with Crippen LogP contribution in [0.2, 0.25) is 0 Å². The molecule has 10 rings (SSSR count). The summed E-state index contributed by atoms with van der Waals surface area (Å²) in [5.74, 6) is 0. The van der Waals surface area contributed by atoms with E-state index in [4.69, 9.17) is 0 Å². The zero-order valence-electron chi connectivity index (χ0n) is 29.5. The first-order valence-electron chi connectivity index (χ1n) is 17.8. The van der Waals surface area contributed by atoms with Crippen molar-refractivity contribution in [2.45, 2.75) is 52.4 Å². The minimum atomic E-state index is -0.0382. The fraction of sp³-hybridized carbons (Fsp3) is 0.174. The summed E-state index contributed by atoms with van der Waals surface area (Å²) in [6.45, 7) is 14.0. The van der Waals surface area contributed by atoms with Crippen LogP contribution < -0.4 is 15.8 Å². The van der Waals surface area contributed by atoms with Crippen LogP contribution in [0.15, 0.2) is 127 Å². The lowest BCUT2D eigenvalue weighted by molar-refractivity contribution is 0.590. The van der Waals surface area contributed by atoms with Gasteiger partial charge in [-0.1, -0.05) is 139 Å². The number of hydrogen-bond acceptors (Lipinski definition) is 2. The van der Waals surface area contributed by atoms with E-state index >= 15 is 0 Å². The molecule has 0 radical (unpaired) electrons. The van der Waals surface area contributed by atoms with E-state index in [9.17, 15) is 0 Å². The Morgan fingerprint density at radius 3 is 1.98 bits per heavy atom. The van der Waals surface area contributed by atoms with Crippen LogP contribution in [0.3, 0.4) is 0 Å². The Kier molecular flexibility index (Phi) is 6.11. The molecule has 0 amide bonds. The number of thiophene rings is 1. The van der Waals surface area contributed by atoms with E-state index in [1.807, 2.05) is 11.3 Å². The van der Waals surface area contributed by atoms with E-state index in [0.717, 1.165) is 0 Å². The molecule has 2 aromatic heterocycles. The molecule has 0 fully saturated rings. The van der Waals surface area contributed by atoms with Gasteiger partial charge in [-0.2, -0.15) is 0 Å². The maximum Gasteiger partial charge on any atom is 0.334 e. The number of nitrogens with zero attached hydrogens (tertiary/aromatic N) is 2. The van der Waals surface area contributed by atoms with Gasteiger partial charge < -0.3 is 9.38 Å². The van der Waals surface area contributed by atoms with E-state index in [1.54, 1.807) is 0 Å². The van der Waals surface area contributed by atoms with Crippen molar-refractivity contribution in [2.24, 2.45) is 0 Å². The molecule has 0 N–H and O–H groups in total. The van der Waals surface area contributed by atoms with Crippen molar-refractivity contribution < 1.29 is 0 Å². The van der Waals surface area contributed by atoms with E-state index in [2.05, 4.69) is 178 Å². The smallest absolute Gasteiger partial charge is 0.334 e. The lowest BCUT2D eigenvalue weighted by Crippen LogP contribution is -2.56. The number of hydrogen-bond donors (Lipinski definition) is 0. The second-order valence-corrected chi connectivity index (χ2v) is 17.2. The highest BCUT2D eigenvalue weighted by Crippen LogP contribution is 2.51. The van der Waals surface area contributed by atoms with Crippen molar-refractivity contribution in [1.82, 2.24) is 4.48 Å². The summed E-state index contributed by atoms with van der Waals surface area (Å²) >= 11 is 1.93.